The summed E-state index contributed by atoms with van der Waals surface area (Å²) in [6.45, 7) is 5.23. The van der Waals surface area contributed by atoms with E-state index in [4.69, 9.17) is 4.74 Å². The molecule has 0 aliphatic carbocycles. The molecule has 182 valence electrons. The molecule has 1 aliphatic heterocycles. The van der Waals surface area contributed by atoms with Crippen LogP contribution in [0.15, 0.2) is 66.7 Å². The molecular formula is C27H29N3O5. The summed E-state index contributed by atoms with van der Waals surface area (Å²) in [5, 5.41) is 22.6. The third-order valence-electron chi connectivity index (χ3n) is 6.09. The lowest BCUT2D eigenvalue weighted by molar-refractivity contribution is 0.0698. The number of piperazine rings is 1. The largest absolute Gasteiger partial charge is 0.507 e. The Balaban J connectivity index is 1.48. The van der Waals surface area contributed by atoms with Crippen molar-refractivity contribution < 1.29 is 24.5 Å². The molecule has 3 aromatic carbocycles. The quantitative estimate of drug-likeness (QED) is 0.457. The monoisotopic (exact) mass is 475 g/mol. The first-order valence-corrected chi connectivity index (χ1v) is 11.5. The topological polar surface area (TPSA) is 102 Å². The number of hydrogen-bond donors (Lipinski definition) is 3. The number of nitrogens with zero attached hydrogens (tertiary/aromatic N) is 2. The van der Waals surface area contributed by atoms with E-state index in [1.54, 1.807) is 18.2 Å². The van der Waals surface area contributed by atoms with Crippen LogP contribution in [-0.4, -0.2) is 78.3 Å². The van der Waals surface area contributed by atoms with Gasteiger partial charge in [0.2, 0.25) is 0 Å². The molecule has 1 amide bonds. The zero-order valence-electron chi connectivity index (χ0n) is 19.6. The molecular weight excluding hydrogens is 446 g/mol. The van der Waals surface area contributed by atoms with Crippen molar-refractivity contribution in [3.05, 3.63) is 77.9 Å². The van der Waals surface area contributed by atoms with Gasteiger partial charge in [-0.25, -0.2) is 4.79 Å². The molecule has 1 aliphatic rings. The Morgan fingerprint density at radius 2 is 1.66 bits per heavy atom. The van der Waals surface area contributed by atoms with Crippen LogP contribution in [0.4, 0.5) is 5.69 Å². The van der Waals surface area contributed by atoms with Gasteiger partial charge in [-0.1, -0.05) is 36.4 Å². The molecule has 0 radical (unpaired) electrons. The summed E-state index contributed by atoms with van der Waals surface area (Å²) < 4.78 is 5.83. The lowest BCUT2D eigenvalue weighted by atomic mass is 10.0. The Morgan fingerprint density at radius 1 is 0.914 bits per heavy atom. The van der Waals surface area contributed by atoms with E-state index in [9.17, 15) is 19.8 Å². The van der Waals surface area contributed by atoms with Crippen LogP contribution < -0.4 is 10.1 Å². The highest BCUT2D eigenvalue weighted by molar-refractivity contribution is 6.09. The molecule has 0 aromatic heterocycles. The zero-order chi connectivity index (χ0) is 24.8. The Bertz CT molecular complexity index is 1190. The van der Waals surface area contributed by atoms with Gasteiger partial charge in [-0.05, 0) is 48.5 Å². The summed E-state index contributed by atoms with van der Waals surface area (Å²) in [6, 6.07) is 18.7. The van der Waals surface area contributed by atoms with E-state index in [1.807, 2.05) is 30.3 Å². The number of carboxylic acid groups (broad SMARTS) is 1. The summed E-state index contributed by atoms with van der Waals surface area (Å²) in [7, 11) is 2.11. The fourth-order valence-corrected chi connectivity index (χ4v) is 3.98. The predicted octanol–water partition coefficient (Wildman–Crippen LogP) is 3.64. The number of benzene rings is 3. The van der Waals surface area contributed by atoms with Crippen LogP contribution in [0.3, 0.4) is 0 Å². The molecule has 0 unspecified atom stereocenters. The maximum Gasteiger partial charge on any atom is 0.337 e. The Morgan fingerprint density at radius 3 is 2.37 bits per heavy atom. The normalized spacial score (nSPS) is 14.4. The molecule has 4 rings (SSSR count). The van der Waals surface area contributed by atoms with Crippen molar-refractivity contribution >= 4 is 17.6 Å². The lowest BCUT2D eigenvalue weighted by Crippen LogP contribution is -2.45. The van der Waals surface area contributed by atoms with Gasteiger partial charge in [0.1, 0.15) is 18.1 Å². The minimum atomic E-state index is -1.16. The van der Waals surface area contributed by atoms with E-state index in [2.05, 4.69) is 22.2 Å². The number of aromatic hydroxyl groups is 1. The Hall–Kier alpha value is -3.88. The number of phenols is 1. The second kappa shape index (κ2) is 11.0. The highest BCUT2D eigenvalue weighted by Gasteiger charge is 2.18. The predicted molar refractivity (Wildman–Crippen MR) is 134 cm³/mol. The number of nitrogens with one attached hydrogen (secondary N) is 1. The molecule has 0 saturated carbocycles. The average Bonchev–Trinajstić information content (AvgIpc) is 2.86. The maximum atomic E-state index is 13.0. The van der Waals surface area contributed by atoms with Gasteiger partial charge in [-0.3, -0.25) is 9.69 Å². The van der Waals surface area contributed by atoms with E-state index >= 15 is 0 Å². The smallest absolute Gasteiger partial charge is 0.337 e. The molecule has 35 heavy (non-hydrogen) atoms. The van der Waals surface area contributed by atoms with E-state index < -0.39 is 11.9 Å². The lowest BCUT2D eigenvalue weighted by Gasteiger charge is -2.32. The van der Waals surface area contributed by atoms with Gasteiger partial charge in [0.25, 0.3) is 5.91 Å². The first-order chi connectivity index (χ1) is 16.9. The SMILES string of the molecule is CN1CCN(CCOc2ccc(O)c(C(=O)Nc3cc(-c4ccccc4)ccc3C(=O)O)c2)CC1. The number of likely N-dealkylation sites (N-methyl/N-ethyl adjacent to an activating group) is 1. The average molecular weight is 476 g/mol. The van der Waals surface area contributed by atoms with Crippen LogP contribution >= 0.6 is 0 Å². The van der Waals surface area contributed by atoms with Gasteiger partial charge in [0, 0.05) is 32.7 Å². The van der Waals surface area contributed by atoms with Crippen molar-refractivity contribution in [2.45, 2.75) is 0 Å². The molecule has 1 saturated heterocycles. The summed E-state index contributed by atoms with van der Waals surface area (Å²) in [4.78, 5) is 29.4. The molecule has 8 nitrogen and oxygen atoms in total. The van der Waals surface area contributed by atoms with Crippen LogP contribution in [-0.2, 0) is 0 Å². The second-order valence-electron chi connectivity index (χ2n) is 8.56. The minimum Gasteiger partial charge on any atom is -0.507 e. The summed E-state index contributed by atoms with van der Waals surface area (Å²) >= 11 is 0. The summed E-state index contributed by atoms with van der Waals surface area (Å²) in [5.41, 5.74) is 1.75. The third kappa shape index (κ3) is 6.17. The van der Waals surface area contributed by atoms with Crippen LogP contribution in [0, 0.1) is 0 Å². The van der Waals surface area contributed by atoms with Crippen LogP contribution in [0.25, 0.3) is 11.1 Å². The number of carboxylic acids is 1. The van der Waals surface area contributed by atoms with Crippen molar-refractivity contribution in [1.82, 2.24) is 9.80 Å². The van der Waals surface area contributed by atoms with Crippen molar-refractivity contribution in [2.75, 3.05) is 51.7 Å². The molecule has 1 heterocycles. The van der Waals surface area contributed by atoms with Crippen molar-refractivity contribution in [3.8, 4) is 22.6 Å². The number of anilines is 1. The fourth-order valence-electron chi connectivity index (χ4n) is 3.98. The molecule has 0 bridgehead atoms. The standard InChI is InChI=1S/C27H29N3O5/c1-29-11-13-30(14-12-29)15-16-35-21-8-10-25(31)23(18-21)26(32)28-24-17-20(7-9-22(24)27(33)34)19-5-3-2-4-6-19/h2-10,17-18,31H,11-16H2,1H3,(H,28,32)(H,33,34). The first-order valence-electron chi connectivity index (χ1n) is 11.5. The highest BCUT2D eigenvalue weighted by Crippen LogP contribution is 2.28. The Labute approximate surface area is 204 Å². The molecule has 8 heteroatoms. The van der Waals surface area contributed by atoms with Crippen LogP contribution in [0.2, 0.25) is 0 Å². The minimum absolute atomic E-state index is 0.00329. The van der Waals surface area contributed by atoms with Crippen LogP contribution in [0.5, 0.6) is 11.5 Å². The van der Waals surface area contributed by atoms with Gasteiger partial charge < -0.3 is 25.2 Å². The van der Waals surface area contributed by atoms with Gasteiger partial charge in [0.15, 0.2) is 0 Å². The number of ether oxygens (including phenoxy) is 1. The van der Waals surface area contributed by atoms with Crippen molar-refractivity contribution in [1.29, 1.82) is 0 Å². The van der Waals surface area contributed by atoms with Gasteiger partial charge >= 0.3 is 5.97 Å². The Kier molecular flexibility index (Phi) is 7.64. The fraction of sp³-hybridized carbons (Fsp3) is 0.259. The van der Waals surface area contributed by atoms with E-state index in [0.29, 0.717) is 12.4 Å². The number of hydrogen-bond acceptors (Lipinski definition) is 6. The number of aromatic carboxylic acids is 1. The van der Waals surface area contributed by atoms with Gasteiger partial charge in [-0.2, -0.15) is 0 Å². The highest BCUT2D eigenvalue weighted by atomic mass is 16.5. The van der Waals surface area contributed by atoms with Crippen LogP contribution in [0.1, 0.15) is 20.7 Å². The molecule has 3 N–H and O–H groups in total. The maximum absolute atomic E-state index is 13.0. The van der Waals surface area contributed by atoms with Gasteiger partial charge in [0.05, 0.1) is 16.8 Å². The molecule has 3 aromatic rings. The van der Waals surface area contributed by atoms with E-state index in [-0.39, 0.29) is 22.6 Å². The number of phenolic OH excluding ortho intramolecular Hbond substituents is 1. The number of rotatable bonds is 8. The molecule has 1 fully saturated rings. The zero-order valence-corrected chi connectivity index (χ0v) is 19.6. The summed E-state index contributed by atoms with van der Waals surface area (Å²) in [6.07, 6.45) is 0. The van der Waals surface area contributed by atoms with Crippen molar-refractivity contribution in [3.63, 3.8) is 0 Å². The summed E-state index contributed by atoms with van der Waals surface area (Å²) in [5.74, 6) is -1.55. The third-order valence-corrected chi connectivity index (χ3v) is 6.09. The van der Waals surface area contributed by atoms with Gasteiger partial charge in [-0.15, -0.1) is 0 Å². The number of carbonyl (C=O) groups excluding carboxylic acids is 1. The molecule has 0 atom stereocenters. The number of amides is 1. The van der Waals surface area contributed by atoms with E-state index in [0.717, 1.165) is 43.9 Å². The van der Waals surface area contributed by atoms with E-state index in [1.165, 1.54) is 18.2 Å². The van der Waals surface area contributed by atoms with Crippen molar-refractivity contribution in [2.24, 2.45) is 0 Å². The second-order valence-corrected chi connectivity index (χ2v) is 8.56. The molecule has 0 spiro atoms. The first kappa shape index (κ1) is 24.3. The number of carbonyl (C=O) groups is 2.